The monoisotopic (exact) mass is 250 g/mol. The van der Waals surface area contributed by atoms with Gasteiger partial charge in [-0.25, -0.2) is 9.97 Å². The van der Waals surface area contributed by atoms with Gasteiger partial charge in [0.05, 0.1) is 12.3 Å². The zero-order valence-electron chi connectivity index (χ0n) is 9.10. The van der Waals surface area contributed by atoms with Crippen molar-refractivity contribution in [1.82, 2.24) is 9.97 Å². The van der Waals surface area contributed by atoms with Crippen molar-refractivity contribution in [3.63, 3.8) is 0 Å². The van der Waals surface area contributed by atoms with E-state index in [-0.39, 0.29) is 5.28 Å². The summed E-state index contributed by atoms with van der Waals surface area (Å²) < 4.78 is 10.6. The maximum atomic E-state index is 5.72. The van der Waals surface area contributed by atoms with E-state index in [2.05, 4.69) is 16.5 Å². The van der Waals surface area contributed by atoms with E-state index in [0.29, 0.717) is 13.2 Å². The number of aromatic nitrogens is 2. The SMILES string of the molecule is C=CCOCc1cc(-c2ccnc(Cl)n2)co1. The molecule has 0 aliphatic heterocycles. The van der Waals surface area contributed by atoms with Crippen LogP contribution in [0.25, 0.3) is 11.3 Å². The second kappa shape index (κ2) is 5.61. The molecule has 0 aliphatic rings. The zero-order valence-corrected chi connectivity index (χ0v) is 9.85. The molecule has 0 amide bonds. The van der Waals surface area contributed by atoms with Gasteiger partial charge < -0.3 is 9.15 Å². The first-order valence-electron chi connectivity index (χ1n) is 5.04. The topological polar surface area (TPSA) is 48.2 Å². The number of hydrogen-bond acceptors (Lipinski definition) is 4. The van der Waals surface area contributed by atoms with E-state index in [1.807, 2.05) is 6.07 Å². The molecule has 0 aromatic carbocycles. The smallest absolute Gasteiger partial charge is 0.222 e. The Morgan fingerprint density at radius 1 is 1.53 bits per heavy atom. The second-order valence-electron chi connectivity index (χ2n) is 3.32. The summed E-state index contributed by atoms with van der Waals surface area (Å²) in [6.45, 7) is 4.47. The first-order valence-corrected chi connectivity index (χ1v) is 5.42. The summed E-state index contributed by atoms with van der Waals surface area (Å²) in [6.07, 6.45) is 4.91. The van der Waals surface area contributed by atoms with Gasteiger partial charge >= 0.3 is 0 Å². The molecule has 0 saturated carbocycles. The van der Waals surface area contributed by atoms with Crippen LogP contribution in [0.4, 0.5) is 0 Å². The van der Waals surface area contributed by atoms with Crippen LogP contribution in [0.5, 0.6) is 0 Å². The minimum atomic E-state index is 0.216. The normalized spacial score (nSPS) is 10.4. The van der Waals surface area contributed by atoms with Gasteiger partial charge in [0, 0.05) is 11.8 Å². The molecule has 17 heavy (non-hydrogen) atoms. The van der Waals surface area contributed by atoms with E-state index in [1.54, 1.807) is 24.6 Å². The molecule has 0 radical (unpaired) electrons. The van der Waals surface area contributed by atoms with Crippen LogP contribution in [0.15, 0.2) is 41.7 Å². The van der Waals surface area contributed by atoms with Crippen molar-refractivity contribution < 1.29 is 9.15 Å². The quantitative estimate of drug-likeness (QED) is 0.465. The van der Waals surface area contributed by atoms with Crippen molar-refractivity contribution in [2.45, 2.75) is 6.61 Å². The van der Waals surface area contributed by atoms with E-state index in [4.69, 9.17) is 20.8 Å². The molecule has 4 nitrogen and oxygen atoms in total. The fraction of sp³-hybridized carbons (Fsp3) is 0.167. The van der Waals surface area contributed by atoms with Crippen molar-refractivity contribution >= 4 is 11.6 Å². The number of nitrogens with zero attached hydrogens (tertiary/aromatic N) is 2. The Labute approximate surface area is 104 Å². The maximum Gasteiger partial charge on any atom is 0.222 e. The molecule has 2 rings (SSSR count). The molecule has 2 heterocycles. The number of ether oxygens (including phenoxy) is 1. The number of halogens is 1. The fourth-order valence-electron chi connectivity index (χ4n) is 1.33. The van der Waals surface area contributed by atoms with Crippen molar-refractivity contribution in [3.8, 4) is 11.3 Å². The van der Waals surface area contributed by atoms with Crippen LogP contribution in [-0.2, 0) is 11.3 Å². The third kappa shape index (κ3) is 3.15. The highest BCUT2D eigenvalue weighted by Gasteiger charge is 2.06. The van der Waals surface area contributed by atoms with E-state index in [9.17, 15) is 0 Å². The third-order valence-electron chi connectivity index (χ3n) is 2.06. The lowest BCUT2D eigenvalue weighted by Gasteiger charge is -1.96. The molecule has 0 fully saturated rings. The predicted molar refractivity (Wildman–Crippen MR) is 64.6 cm³/mol. The minimum Gasteiger partial charge on any atom is -0.466 e. The van der Waals surface area contributed by atoms with Crippen molar-refractivity contribution in [3.05, 3.63) is 48.3 Å². The molecule has 2 aromatic rings. The molecule has 0 atom stereocenters. The van der Waals surface area contributed by atoms with Gasteiger partial charge in [-0.1, -0.05) is 6.08 Å². The summed E-state index contributed by atoms with van der Waals surface area (Å²) >= 11 is 5.72. The first kappa shape index (κ1) is 11.8. The fourth-order valence-corrected chi connectivity index (χ4v) is 1.48. The zero-order chi connectivity index (χ0) is 12.1. The summed E-state index contributed by atoms with van der Waals surface area (Å²) in [4.78, 5) is 7.91. The largest absolute Gasteiger partial charge is 0.466 e. The van der Waals surface area contributed by atoms with Crippen LogP contribution in [0.2, 0.25) is 5.28 Å². The summed E-state index contributed by atoms with van der Waals surface area (Å²) in [5.74, 6) is 0.733. The summed E-state index contributed by atoms with van der Waals surface area (Å²) in [5.41, 5.74) is 1.58. The van der Waals surface area contributed by atoms with E-state index in [0.717, 1.165) is 17.0 Å². The van der Waals surface area contributed by atoms with Crippen LogP contribution in [0.1, 0.15) is 5.76 Å². The molecule has 0 unspecified atom stereocenters. The predicted octanol–water partition coefficient (Wildman–Crippen LogP) is 3.09. The highest BCUT2D eigenvalue weighted by molar-refractivity contribution is 6.28. The van der Waals surface area contributed by atoms with Crippen molar-refractivity contribution in [1.29, 1.82) is 0 Å². The maximum absolute atomic E-state index is 5.72. The molecular weight excluding hydrogens is 240 g/mol. The summed E-state index contributed by atoms with van der Waals surface area (Å²) in [6, 6.07) is 3.63. The standard InChI is InChI=1S/C12H11ClN2O2/c1-2-5-16-8-10-6-9(7-17-10)11-3-4-14-12(13)15-11/h2-4,6-7H,1,5,8H2. The van der Waals surface area contributed by atoms with Gasteiger partial charge in [0.2, 0.25) is 5.28 Å². The number of hydrogen-bond donors (Lipinski definition) is 0. The Morgan fingerprint density at radius 3 is 3.18 bits per heavy atom. The molecule has 5 heteroatoms. The van der Waals surface area contributed by atoms with Gasteiger partial charge in [-0.05, 0) is 23.7 Å². The van der Waals surface area contributed by atoms with E-state index >= 15 is 0 Å². The molecule has 0 saturated heterocycles. The highest BCUT2D eigenvalue weighted by Crippen LogP contribution is 2.21. The molecule has 2 aromatic heterocycles. The highest BCUT2D eigenvalue weighted by atomic mass is 35.5. The molecule has 0 bridgehead atoms. The Bertz CT molecular complexity index is 511. The van der Waals surface area contributed by atoms with E-state index < -0.39 is 0 Å². The molecule has 0 N–H and O–H groups in total. The Hall–Kier alpha value is -1.65. The van der Waals surface area contributed by atoms with Gasteiger partial charge in [0.15, 0.2) is 0 Å². The number of rotatable bonds is 5. The molecule has 0 spiro atoms. The van der Waals surface area contributed by atoms with Gasteiger partial charge in [-0.15, -0.1) is 6.58 Å². The minimum absolute atomic E-state index is 0.216. The second-order valence-corrected chi connectivity index (χ2v) is 3.65. The average Bonchev–Trinajstić information content (AvgIpc) is 2.78. The van der Waals surface area contributed by atoms with Gasteiger partial charge in [0.1, 0.15) is 18.6 Å². The van der Waals surface area contributed by atoms with Gasteiger partial charge in [-0.2, -0.15) is 0 Å². The summed E-state index contributed by atoms with van der Waals surface area (Å²) in [5, 5.41) is 0.216. The van der Waals surface area contributed by atoms with Crippen LogP contribution in [0, 0.1) is 0 Å². The molecular formula is C12H11ClN2O2. The third-order valence-corrected chi connectivity index (χ3v) is 2.24. The Kier molecular flexibility index (Phi) is 3.90. The van der Waals surface area contributed by atoms with E-state index in [1.165, 1.54) is 0 Å². The van der Waals surface area contributed by atoms with Crippen molar-refractivity contribution in [2.24, 2.45) is 0 Å². The van der Waals surface area contributed by atoms with Crippen molar-refractivity contribution in [2.75, 3.05) is 6.61 Å². The first-order chi connectivity index (χ1) is 8.29. The number of furan rings is 1. The van der Waals surface area contributed by atoms with Gasteiger partial charge in [-0.3, -0.25) is 0 Å². The Balaban J connectivity index is 2.10. The lowest BCUT2D eigenvalue weighted by molar-refractivity contribution is 0.132. The molecule has 88 valence electrons. The van der Waals surface area contributed by atoms with Crippen LogP contribution in [0.3, 0.4) is 0 Å². The Morgan fingerprint density at radius 2 is 2.41 bits per heavy atom. The average molecular weight is 251 g/mol. The lowest BCUT2D eigenvalue weighted by Crippen LogP contribution is -1.90. The van der Waals surface area contributed by atoms with Crippen LogP contribution >= 0.6 is 11.6 Å². The lowest BCUT2D eigenvalue weighted by atomic mass is 10.2. The summed E-state index contributed by atoms with van der Waals surface area (Å²) in [7, 11) is 0. The van der Waals surface area contributed by atoms with Crippen LogP contribution < -0.4 is 0 Å². The van der Waals surface area contributed by atoms with Crippen LogP contribution in [-0.4, -0.2) is 16.6 Å². The van der Waals surface area contributed by atoms with Gasteiger partial charge in [0.25, 0.3) is 0 Å². The molecule has 0 aliphatic carbocycles.